The summed E-state index contributed by atoms with van der Waals surface area (Å²) in [5, 5.41) is 14.9. The highest BCUT2D eigenvalue weighted by atomic mass is 32.1. The van der Waals surface area contributed by atoms with E-state index in [1.165, 1.54) is 5.56 Å². The van der Waals surface area contributed by atoms with E-state index in [0.29, 0.717) is 30.0 Å². The van der Waals surface area contributed by atoms with Crippen molar-refractivity contribution in [1.29, 1.82) is 0 Å². The average molecular weight is 516 g/mol. The number of carbonyl (C=O) groups is 1. The Labute approximate surface area is 219 Å². The Morgan fingerprint density at radius 1 is 1.19 bits per heavy atom. The Bertz CT molecular complexity index is 1520. The molecule has 0 spiro atoms. The second kappa shape index (κ2) is 8.67. The molecule has 4 aromatic rings. The predicted octanol–water partition coefficient (Wildman–Crippen LogP) is 6.33. The SMILES string of the molecule is Cc1ccccc1-c1noc(C2CC2)c1CO[C@@H]1C[C@@H]2C[C@H]1CN2c1nc2c(C)cc(C(=O)O)cc2s1. The predicted molar refractivity (Wildman–Crippen MR) is 142 cm³/mol. The first kappa shape index (κ1) is 22.9. The van der Waals surface area contributed by atoms with Crippen molar-refractivity contribution in [2.45, 2.75) is 64.2 Å². The highest BCUT2D eigenvalue weighted by Crippen LogP contribution is 2.47. The van der Waals surface area contributed by atoms with E-state index in [2.05, 4.69) is 41.2 Å². The maximum atomic E-state index is 11.5. The number of fused-ring (bicyclic) bond motifs is 3. The summed E-state index contributed by atoms with van der Waals surface area (Å²) in [4.78, 5) is 18.8. The zero-order chi connectivity index (χ0) is 25.3. The first-order chi connectivity index (χ1) is 18.0. The molecule has 0 radical (unpaired) electrons. The Morgan fingerprint density at radius 2 is 2.03 bits per heavy atom. The lowest BCUT2D eigenvalue weighted by atomic mass is 10.0. The van der Waals surface area contributed by atoms with Gasteiger partial charge in [0.15, 0.2) is 5.13 Å². The van der Waals surface area contributed by atoms with Crippen LogP contribution in [-0.2, 0) is 11.3 Å². The van der Waals surface area contributed by atoms with Gasteiger partial charge in [0.2, 0.25) is 0 Å². The molecule has 8 heteroatoms. The van der Waals surface area contributed by atoms with Gasteiger partial charge < -0.3 is 19.3 Å². The molecule has 37 heavy (non-hydrogen) atoms. The Balaban J connectivity index is 1.08. The maximum Gasteiger partial charge on any atom is 0.335 e. The number of anilines is 1. The molecular formula is C29H29N3O4S. The van der Waals surface area contributed by atoms with Gasteiger partial charge in [0.25, 0.3) is 0 Å². The van der Waals surface area contributed by atoms with Gasteiger partial charge in [0, 0.05) is 35.5 Å². The molecule has 3 atom stereocenters. The standard InChI is InChI=1S/C29H29N3O4S/c1-15-5-3-4-6-21(15)26-22(27(36-31-26)17-7-8-17)14-35-23-12-20-10-19(23)13-32(20)29-30-25-16(2)9-18(28(33)34)11-24(25)37-29/h3-6,9,11,17,19-20,23H,7-8,10,12-14H2,1-2H3,(H,33,34)/t19-,20-,23+/m0/s1. The van der Waals surface area contributed by atoms with Crippen molar-refractivity contribution in [2.24, 2.45) is 5.92 Å². The van der Waals surface area contributed by atoms with Gasteiger partial charge in [-0.25, -0.2) is 9.78 Å². The monoisotopic (exact) mass is 515 g/mol. The molecule has 0 amide bonds. The zero-order valence-electron chi connectivity index (χ0n) is 20.9. The number of hydrogen-bond donors (Lipinski definition) is 1. The van der Waals surface area contributed by atoms with Crippen LogP contribution in [0.5, 0.6) is 0 Å². The van der Waals surface area contributed by atoms with Crippen LogP contribution < -0.4 is 4.90 Å². The molecule has 3 heterocycles. The van der Waals surface area contributed by atoms with Crippen LogP contribution in [0.2, 0.25) is 0 Å². The fourth-order valence-corrected chi connectivity index (χ4v) is 7.31. The molecule has 2 saturated carbocycles. The van der Waals surface area contributed by atoms with Crippen LogP contribution in [0.3, 0.4) is 0 Å². The fraction of sp³-hybridized carbons (Fsp3) is 0.414. The van der Waals surface area contributed by atoms with Crippen LogP contribution in [0.25, 0.3) is 21.5 Å². The van der Waals surface area contributed by atoms with Gasteiger partial charge in [0.05, 0.1) is 28.5 Å². The van der Waals surface area contributed by atoms with Crippen LogP contribution in [0.4, 0.5) is 5.13 Å². The third-order valence-electron chi connectivity index (χ3n) is 8.25. The number of piperidine rings is 1. The highest BCUT2D eigenvalue weighted by Gasteiger charge is 2.46. The fourth-order valence-electron chi connectivity index (χ4n) is 6.14. The number of aromatic nitrogens is 2. The van der Waals surface area contributed by atoms with E-state index < -0.39 is 5.97 Å². The van der Waals surface area contributed by atoms with Crippen LogP contribution in [0, 0.1) is 19.8 Å². The summed E-state index contributed by atoms with van der Waals surface area (Å²) in [5.41, 5.74) is 6.49. The minimum Gasteiger partial charge on any atom is -0.478 e. The van der Waals surface area contributed by atoms with Gasteiger partial charge in [-0.1, -0.05) is 40.8 Å². The second-order valence-corrected chi connectivity index (χ2v) is 11.8. The summed E-state index contributed by atoms with van der Waals surface area (Å²) in [6.07, 6.45) is 4.61. The molecule has 2 aliphatic carbocycles. The van der Waals surface area contributed by atoms with E-state index in [-0.39, 0.29) is 6.10 Å². The number of benzene rings is 2. The third-order valence-corrected chi connectivity index (χ3v) is 9.29. The molecule has 3 fully saturated rings. The van der Waals surface area contributed by atoms with Crippen molar-refractivity contribution in [2.75, 3.05) is 11.4 Å². The van der Waals surface area contributed by atoms with Crippen LogP contribution >= 0.6 is 11.3 Å². The molecule has 2 aromatic heterocycles. The summed E-state index contributed by atoms with van der Waals surface area (Å²) >= 11 is 1.60. The molecule has 2 bridgehead atoms. The lowest BCUT2D eigenvalue weighted by Crippen LogP contribution is -2.38. The van der Waals surface area contributed by atoms with Crippen molar-refractivity contribution < 1.29 is 19.2 Å². The minimum absolute atomic E-state index is 0.211. The number of carboxylic acid groups (broad SMARTS) is 1. The van der Waals surface area contributed by atoms with E-state index >= 15 is 0 Å². The second-order valence-electron chi connectivity index (χ2n) is 10.8. The van der Waals surface area contributed by atoms with E-state index in [0.717, 1.165) is 75.7 Å². The van der Waals surface area contributed by atoms with Gasteiger partial charge in [-0.05, 0) is 62.8 Å². The van der Waals surface area contributed by atoms with Gasteiger partial charge >= 0.3 is 5.97 Å². The number of aromatic carboxylic acids is 1. The van der Waals surface area contributed by atoms with Crippen molar-refractivity contribution in [1.82, 2.24) is 10.1 Å². The molecule has 1 aliphatic heterocycles. The van der Waals surface area contributed by atoms with Crippen molar-refractivity contribution >= 4 is 32.7 Å². The van der Waals surface area contributed by atoms with E-state index in [4.69, 9.17) is 14.2 Å². The quantitative estimate of drug-likeness (QED) is 0.308. The Kier molecular flexibility index (Phi) is 5.37. The van der Waals surface area contributed by atoms with Gasteiger partial charge in [-0.15, -0.1) is 0 Å². The van der Waals surface area contributed by atoms with Crippen LogP contribution in [0.1, 0.15) is 64.4 Å². The number of ether oxygens (including phenoxy) is 1. The number of rotatable bonds is 7. The van der Waals surface area contributed by atoms with Crippen LogP contribution in [0.15, 0.2) is 40.9 Å². The van der Waals surface area contributed by atoms with Gasteiger partial charge in [-0.2, -0.15) is 0 Å². The lowest BCUT2D eigenvalue weighted by molar-refractivity contribution is 0.0122. The number of carboxylic acids is 1. The summed E-state index contributed by atoms with van der Waals surface area (Å²) in [6, 6.07) is 12.2. The lowest BCUT2D eigenvalue weighted by Gasteiger charge is -2.31. The Hall–Kier alpha value is -3.23. The zero-order valence-corrected chi connectivity index (χ0v) is 21.8. The molecular weight excluding hydrogens is 486 g/mol. The van der Waals surface area contributed by atoms with E-state index in [1.54, 1.807) is 23.5 Å². The minimum atomic E-state index is -0.900. The molecule has 1 saturated heterocycles. The maximum absolute atomic E-state index is 11.5. The molecule has 0 unspecified atom stereocenters. The highest BCUT2D eigenvalue weighted by molar-refractivity contribution is 7.22. The topological polar surface area (TPSA) is 88.7 Å². The largest absolute Gasteiger partial charge is 0.478 e. The van der Waals surface area contributed by atoms with Gasteiger partial charge in [-0.3, -0.25) is 0 Å². The van der Waals surface area contributed by atoms with Gasteiger partial charge in [0.1, 0.15) is 11.5 Å². The van der Waals surface area contributed by atoms with E-state index in [1.807, 2.05) is 6.92 Å². The number of nitrogens with zero attached hydrogens (tertiary/aromatic N) is 3. The number of aryl methyl sites for hydroxylation is 2. The molecule has 3 aliphatic rings. The molecule has 1 N–H and O–H groups in total. The first-order valence-corrected chi connectivity index (χ1v) is 13.8. The smallest absolute Gasteiger partial charge is 0.335 e. The first-order valence-electron chi connectivity index (χ1n) is 13.0. The van der Waals surface area contributed by atoms with Crippen molar-refractivity contribution in [3.8, 4) is 11.3 Å². The average Bonchev–Trinajstić information content (AvgIpc) is 3.23. The van der Waals surface area contributed by atoms with Crippen molar-refractivity contribution in [3.63, 3.8) is 0 Å². The summed E-state index contributed by atoms with van der Waals surface area (Å²) in [7, 11) is 0. The summed E-state index contributed by atoms with van der Waals surface area (Å²) < 4.78 is 13.4. The Morgan fingerprint density at radius 3 is 2.76 bits per heavy atom. The molecule has 2 aromatic carbocycles. The summed E-state index contributed by atoms with van der Waals surface area (Å²) in [6.45, 7) is 5.50. The van der Waals surface area contributed by atoms with Crippen molar-refractivity contribution in [3.05, 3.63) is 64.4 Å². The summed E-state index contributed by atoms with van der Waals surface area (Å²) in [5.74, 6) is 1.04. The molecule has 190 valence electrons. The van der Waals surface area contributed by atoms with E-state index in [9.17, 15) is 9.90 Å². The van der Waals surface area contributed by atoms with Crippen LogP contribution in [-0.4, -0.2) is 39.9 Å². The number of thiazole rings is 1. The number of hydrogen-bond acceptors (Lipinski definition) is 7. The molecule has 7 nitrogen and oxygen atoms in total. The third kappa shape index (κ3) is 3.94. The molecule has 7 rings (SSSR count). The normalized spacial score (nSPS) is 22.9.